The van der Waals surface area contributed by atoms with Crippen LogP contribution in [0.1, 0.15) is 18.0 Å². The fraction of sp³-hybridized carbons (Fsp3) is 0.273. The fourth-order valence-corrected chi connectivity index (χ4v) is 1.51. The summed E-state index contributed by atoms with van der Waals surface area (Å²) in [4.78, 5) is 31.2. The van der Waals surface area contributed by atoms with Gasteiger partial charge in [0.1, 0.15) is 0 Å². The number of nitro groups is 1. The molecule has 0 aliphatic rings. The van der Waals surface area contributed by atoms with Crippen molar-refractivity contribution in [3.05, 3.63) is 39.9 Å². The second kappa shape index (κ2) is 6.20. The van der Waals surface area contributed by atoms with Crippen molar-refractivity contribution in [1.29, 1.82) is 0 Å². The molecule has 0 unspecified atom stereocenters. The minimum atomic E-state index is -5.20. The van der Waals surface area contributed by atoms with Gasteiger partial charge in [-0.05, 0) is 5.56 Å². The lowest BCUT2D eigenvalue weighted by Gasteiger charge is -2.20. The van der Waals surface area contributed by atoms with Crippen LogP contribution in [0.5, 0.6) is 0 Å². The maximum absolute atomic E-state index is 12.2. The van der Waals surface area contributed by atoms with E-state index in [0.29, 0.717) is 0 Å². The molecular weight excluding hydrogens is 297 g/mol. The summed E-state index contributed by atoms with van der Waals surface area (Å²) >= 11 is 0. The molecule has 1 rings (SSSR count). The van der Waals surface area contributed by atoms with Gasteiger partial charge in [0.05, 0.1) is 11.0 Å². The predicted molar refractivity (Wildman–Crippen MR) is 59.7 cm³/mol. The Morgan fingerprint density at radius 3 is 2.43 bits per heavy atom. The Balaban J connectivity index is 3.08. The van der Waals surface area contributed by atoms with Gasteiger partial charge in [0.2, 0.25) is 0 Å². The first-order chi connectivity index (χ1) is 9.61. The van der Waals surface area contributed by atoms with Crippen molar-refractivity contribution >= 4 is 17.6 Å². The molecule has 21 heavy (non-hydrogen) atoms. The average Bonchev–Trinajstić information content (AvgIpc) is 2.36. The van der Waals surface area contributed by atoms with Gasteiger partial charge in [-0.3, -0.25) is 14.9 Å². The summed E-state index contributed by atoms with van der Waals surface area (Å²) in [5.41, 5.74) is -0.594. The van der Waals surface area contributed by atoms with E-state index < -0.39 is 41.1 Å². The average molecular weight is 305 g/mol. The number of nitrogens with zero attached hydrogens (tertiary/aromatic N) is 1. The first-order valence-corrected chi connectivity index (χ1v) is 5.43. The van der Waals surface area contributed by atoms with E-state index in [-0.39, 0.29) is 5.56 Å². The highest BCUT2D eigenvalue weighted by Gasteiger charge is 2.40. The van der Waals surface area contributed by atoms with Gasteiger partial charge in [0.15, 0.2) is 0 Å². The second-order valence-corrected chi connectivity index (χ2v) is 3.95. The molecule has 0 aliphatic heterocycles. The largest absolute Gasteiger partial charge is 0.550 e. The number of hydrogen-bond donors (Lipinski definition) is 1. The number of alkyl halides is 3. The van der Waals surface area contributed by atoms with E-state index in [1.165, 1.54) is 5.32 Å². The minimum absolute atomic E-state index is 0.147. The van der Waals surface area contributed by atoms with Crippen LogP contribution >= 0.6 is 0 Å². The molecule has 1 amide bonds. The molecule has 10 heteroatoms. The Labute approximate surface area is 115 Å². The Kier molecular flexibility index (Phi) is 4.84. The lowest BCUT2D eigenvalue weighted by molar-refractivity contribution is -0.385. The molecule has 1 atom stereocenters. The standard InChI is InChI=1S/C11H9F3N2O5/c12-11(13,14)10(19)15-8(5-9(17)18)6-2-1-3-7(4-6)16(20)21/h1-4,8H,5H2,(H,15,19)(H,17,18)/p-1/t8-/m1/s1. The number of nitro benzene ring substituents is 1. The second-order valence-electron chi connectivity index (χ2n) is 3.95. The number of hydrogen-bond acceptors (Lipinski definition) is 5. The minimum Gasteiger partial charge on any atom is -0.550 e. The third kappa shape index (κ3) is 4.75. The van der Waals surface area contributed by atoms with E-state index in [1.54, 1.807) is 0 Å². The molecule has 0 saturated heterocycles. The van der Waals surface area contributed by atoms with Crippen molar-refractivity contribution < 1.29 is 32.8 Å². The number of halogens is 3. The van der Waals surface area contributed by atoms with Crippen molar-refractivity contribution in [3.8, 4) is 0 Å². The van der Waals surface area contributed by atoms with Crippen LogP contribution in [0.25, 0.3) is 0 Å². The maximum atomic E-state index is 12.2. The molecule has 0 heterocycles. The SMILES string of the molecule is O=C([O-])C[C@@H](NC(=O)C(F)(F)F)c1cccc([N+](=O)[O-])c1. The van der Waals surface area contributed by atoms with E-state index in [9.17, 15) is 38.0 Å². The molecule has 1 aromatic carbocycles. The van der Waals surface area contributed by atoms with Gasteiger partial charge in [0, 0.05) is 24.5 Å². The number of aliphatic carboxylic acids is 1. The summed E-state index contributed by atoms with van der Waals surface area (Å²) in [7, 11) is 0. The molecule has 0 fully saturated rings. The molecular formula is C11H8F3N2O5-. The molecule has 0 spiro atoms. The zero-order valence-corrected chi connectivity index (χ0v) is 10.2. The van der Waals surface area contributed by atoms with Gasteiger partial charge in [-0.25, -0.2) is 0 Å². The topological polar surface area (TPSA) is 112 Å². The number of carbonyl (C=O) groups excluding carboxylic acids is 2. The van der Waals surface area contributed by atoms with E-state index in [1.807, 2.05) is 0 Å². The van der Waals surface area contributed by atoms with Gasteiger partial charge in [-0.15, -0.1) is 0 Å². The van der Waals surface area contributed by atoms with Crippen molar-refractivity contribution in [3.63, 3.8) is 0 Å². The van der Waals surface area contributed by atoms with Crippen LogP contribution in [0.3, 0.4) is 0 Å². The fourth-order valence-electron chi connectivity index (χ4n) is 1.51. The van der Waals surface area contributed by atoms with Crippen molar-refractivity contribution in [2.24, 2.45) is 0 Å². The molecule has 0 aromatic heterocycles. The molecule has 1 N–H and O–H groups in total. The number of nitrogens with one attached hydrogen (secondary N) is 1. The molecule has 1 aromatic rings. The number of carbonyl (C=O) groups is 2. The Bertz CT molecular complexity index is 573. The summed E-state index contributed by atoms with van der Waals surface area (Å²) in [6.07, 6.45) is -6.16. The van der Waals surface area contributed by atoms with E-state index >= 15 is 0 Å². The molecule has 7 nitrogen and oxygen atoms in total. The van der Waals surface area contributed by atoms with Gasteiger partial charge >= 0.3 is 12.1 Å². The normalized spacial score (nSPS) is 12.5. The Morgan fingerprint density at radius 1 is 1.33 bits per heavy atom. The van der Waals surface area contributed by atoms with Crippen LogP contribution < -0.4 is 10.4 Å². The third-order valence-corrected chi connectivity index (χ3v) is 2.42. The number of amides is 1. The highest BCUT2D eigenvalue weighted by atomic mass is 19.4. The van der Waals surface area contributed by atoms with Crippen molar-refractivity contribution in [2.45, 2.75) is 18.6 Å². The lowest BCUT2D eigenvalue weighted by Crippen LogP contribution is -2.41. The van der Waals surface area contributed by atoms with Crippen LogP contribution in [0.2, 0.25) is 0 Å². The van der Waals surface area contributed by atoms with Crippen LogP contribution in [0, 0.1) is 10.1 Å². The van der Waals surface area contributed by atoms with Crippen LogP contribution in [0.4, 0.5) is 18.9 Å². The van der Waals surface area contributed by atoms with Crippen LogP contribution in [0.15, 0.2) is 24.3 Å². The number of rotatable bonds is 5. The smallest absolute Gasteiger partial charge is 0.471 e. The van der Waals surface area contributed by atoms with Gasteiger partial charge in [0.25, 0.3) is 5.69 Å². The highest BCUT2D eigenvalue weighted by Crippen LogP contribution is 2.23. The van der Waals surface area contributed by atoms with Crippen molar-refractivity contribution in [1.82, 2.24) is 5.32 Å². The van der Waals surface area contributed by atoms with Crippen LogP contribution in [-0.2, 0) is 9.59 Å². The van der Waals surface area contributed by atoms with Crippen LogP contribution in [-0.4, -0.2) is 23.0 Å². The van der Waals surface area contributed by atoms with Gasteiger partial charge in [-0.2, -0.15) is 13.2 Å². The highest BCUT2D eigenvalue weighted by molar-refractivity contribution is 5.82. The zero-order valence-electron chi connectivity index (χ0n) is 10.2. The summed E-state index contributed by atoms with van der Waals surface area (Å²) < 4.78 is 36.6. The van der Waals surface area contributed by atoms with E-state index in [2.05, 4.69) is 0 Å². The summed E-state index contributed by atoms with van der Waals surface area (Å²) in [6.45, 7) is 0. The lowest BCUT2D eigenvalue weighted by atomic mass is 10.0. The summed E-state index contributed by atoms with van der Waals surface area (Å²) in [6, 6.07) is 2.69. The monoisotopic (exact) mass is 305 g/mol. The third-order valence-electron chi connectivity index (χ3n) is 2.42. The number of non-ortho nitro benzene ring substituents is 1. The predicted octanol–water partition coefficient (Wildman–Crippen LogP) is 0.454. The van der Waals surface area contributed by atoms with E-state index in [4.69, 9.17) is 0 Å². The molecule has 0 radical (unpaired) electrons. The molecule has 0 bridgehead atoms. The maximum Gasteiger partial charge on any atom is 0.471 e. The number of carboxylic acids is 1. The molecule has 0 aliphatic carbocycles. The summed E-state index contributed by atoms with van der Waals surface area (Å²) in [5.74, 6) is -4.06. The molecule has 0 saturated carbocycles. The van der Waals surface area contributed by atoms with Crippen molar-refractivity contribution in [2.75, 3.05) is 0 Å². The first kappa shape index (κ1) is 16.4. The Morgan fingerprint density at radius 2 is 1.95 bits per heavy atom. The van der Waals surface area contributed by atoms with Gasteiger partial charge < -0.3 is 15.2 Å². The Hall–Kier alpha value is -2.65. The quantitative estimate of drug-likeness (QED) is 0.627. The number of benzene rings is 1. The summed E-state index contributed by atoms with van der Waals surface area (Å²) in [5, 5.41) is 22.6. The molecule has 114 valence electrons. The van der Waals surface area contributed by atoms with Gasteiger partial charge in [-0.1, -0.05) is 12.1 Å². The zero-order chi connectivity index (χ0) is 16.2. The number of carboxylic acid groups (broad SMARTS) is 1. The van der Waals surface area contributed by atoms with E-state index in [0.717, 1.165) is 24.3 Å². The first-order valence-electron chi connectivity index (χ1n) is 5.43.